The van der Waals surface area contributed by atoms with Crippen LogP contribution < -0.4 is 10.1 Å². The van der Waals surface area contributed by atoms with Crippen LogP contribution in [0.3, 0.4) is 0 Å². The highest BCUT2D eigenvalue weighted by molar-refractivity contribution is 9.10. The highest BCUT2D eigenvalue weighted by Crippen LogP contribution is 2.28. The Balaban J connectivity index is 1.87. The number of aryl methyl sites for hydroxylation is 2. The number of anilines is 1. The molecule has 32 heavy (non-hydrogen) atoms. The third-order valence-electron chi connectivity index (χ3n) is 5.05. The van der Waals surface area contributed by atoms with Crippen LogP contribution in [-0.2, 0) is 11.2 Å². The van der Waals surface area contributed by atoms with Crippen LogP contribution in [0.2, 0.25) is 0 Å². The molecule has 0 bridgehead atoms. The van der Waals surface area contributed by atoms with E-state index in [1.54, 1.807) is 6.08 Å². The molecule has 0 saturated heterocycles. The Bertz CT molecular complexity index is 1210. The van der Waals surface area contributed by atoms with Gasteiger partial charge in [-0.2, -0.15) is 5.26 Å². The number of benzene rings is 3. The number of halogens is 1. The van der Waals surface area contributed by atoms with Gasteiger partial charge in [-0.15, -0.1) is 0 Å². The molecule has 0 saturated carbocycles. The third kappa shape index (κ3) is 5.87. The topological polar surface area (TPSA) is 62.1 Å². The summed E-state index contributed by atoms with van der Waals surface area (Å²) in [6, 6.07) is 21.7. The van der Waals surface area contributed by atoms with Gasteiger partial charge in [0.2, 0.25) is 0 Å². The predicted octanol–water partition coefficient (Wildman–Crippen LogP) is 6.60. The molecule has 3 aromatic carbocycles. The summed E-state index contributed by atoms with van der Waals surface area (Å²) in [6.07, 6.45) is 2.30. The molecule has 1 amide bonds. The minimum atomic E-state index is -0.434. The monoisotopic (exact) mass is 488 g/mol. The lowest BCUT2D eigenvalue weighted by atomic mass is 10.0. The number of carbonyl (C=O) groups is 1. The van der Waals surface area contributed by atoms with Crippen LogP contribution in [0.1, 0.15) is 34.7 Å². The second kappa shape index (κ2) is 10.8. The standard InChI is InChI=1S/C27H25BrN2O2/c1-4-32-26-15-20(11-12-22(26)16-21-7-5-6-8-24(21)28)14-23(17-29)27(31)30-25-13-18(2)9-10-19(25)3/h5-15H,4,16H2,1-3H3,(H,30,31)/b23-14+. The van der Waals surface area contributed by atoms with Crippen molar-refractivity contribution in [2.75, 3.05) is 11.9 Å². The number of hydrogen-bond donors (Lipinski definition) is 1. The maximum atomic E-state index is 12.7. The van der Waals surface area contributed by atoms with E-state index in [1.165, 1.54) is 0 Å². The minimum Gasteiger partial charge on any atom is -0.494 e. The summed E-state index contributed by atoms with van der Waals surface area (Å²) < 4.78 is 6.90. The first kappa shape index (κ1) is 23.3. The minimum absolute atomic E-state index is 0.0342. The van der Waals surface area contributed by atoms with E-state index in [-0.39, 0.29) is 5.57 Å². The van der Waals surface area contributed by atoms with E-state index >= 15 is 0 Å². The Morgan fingerprint density at radius 3 is 2.59 bits per heavy atom. The van der Waals surface area contributed by atoms with E-state index in [1.807, 2.05) is 81.4 Å². The van der Waals surface area contributed by atoms with Crippen molar-refractivity contribution in [2.45, 2.75) is 27.2 Å². The van der Waals surface area contributed by atoms with Crippen molar-refractivity contribution in [3.05, 3.63) is 98.5 Å². The van der Waals surface area contributed by atoms with E-state index in [0.717, 1.165) is 38.0 Å². The highest BCUT2D eigenvalue weighted by Gasteiger charge is 2.13. The van der Waals surface area contributed by atoms with E-state index in [4.69, 9.17) is 4.74 Å². The van der Waals surface area contributed by atoms with Crippen molar-refractivity contribution >= 4 is 33.6 Å². The number of hydrogen-bond acceptors (Lipinski definition) is 3. The summed E-state index contributed by atoms with van der Waals surface area (Å²) >= 11 is 3.60. The first-order valence-corrected chi connectivity index (χ1v) is 11.2. The zero-order chi connectivity index (χ0) is 23.1. The summed E-state index contributed by atoms with van der Waals surface area (Å²) in [7, 11) is 0. The quantitative estimate of drug-likeness (QED) is 0.300. The smallest absolute Gasteiger partial charge is 0.266 e. The number of nitrogens with zero attached hydrogens (tertiary/aromatic N) is 1. The molecule has 3 aromatic rings. The van der Waals surface area contributed by atoms with Gasteiger partial charge in [-0.05, 0) is 72.9 Å². The molecule has 3 rings (SSSR count). The Labute approximate surface area is 197 Å². The van der Waals surface area contributed by atoms with E-state index in [0.29, 0.717) is 18.7 Å². The number of amides is 1. The van der Waals surface area contributed by atoms with Crippen LogP contribution in [0.15, 0.2) is 70.7 Å². The SMILES string of the molecule is CCOc1cc(/C=C(\C#N)C(=O)Nc2cc(C)ccc2C)ccc1Cc1ccccc1Br. The third-order valence-corrected chi connectivity index (χ3v) is 5.82. The van der Waals surface area contributed by atoms with Crippen LogP contribution in [0.25, 0.3) is 6.08 Å². The zero-order valence-corrected chi connectivity index (χ0v) is 20.0. The molecule has 0 aliphatic carbocycles. The van der Waals surface area contributed by atoms with E-state index in [2.05, 4.69) is 27.3 Å². The average molecular weight is 489 g/mol. The van der Waals surface area contributed by atoms with Crippen molar-refractivity contribution in [2.24, 2.45) is 0 Å². The van der Waals surface area contributed by atoms with Crippen LogP contribution in [0, 0.1) is 25.2 Å². The maximum Gasteiger partial charge on any atom is 0.266 e. The second-order valence-corrected chi connectivity index (χ2v) is 8.37. The molecule has 0 radical (unpaired) electrons. The Kier molecular flexibility index (Phi) is 7.86. The van der Waals surface area contributed by atoms with Gasteiger partial charge in [-0.25, -0.2) is 0 Å². The van der Waals surface area contributed by atoms with Gasteiger partial charge in [-0.1, -0.05) is 58.4 Å². The average Bonchev–Trinajstić information content (AvgIpc) is 2.77. The summed E-state index contributed by atoms with van der Waals surface area (Å²) in [6.45, 7) is 6.33. The van der Waals surface area contributed by atoms with Crippen molar-refractivity contribution in [1.82, 2.24) is 0 Å². The lowest BCUT2D eigenvalue weighted by Crippen LogP contribution is -2.14. The largest absolute Gasteiger partial charge is 0.494 e. The van der Waals surface area contributed by atoms with Gasteiger partial charge in [0.25, 0.3) is 5.91 Å². The molecule has 162 valence electrons. The fourth-order valence-corrected chi connectivity index (χ4v) is 3.74. The molecule has 0 atom stereocenters. The van der Waals surface area contributed by atoms with Crippen molar-refractivity contribution in [3.63, 3.8) is 0 Å². The van der Waals surface area contributed by atoms with Gasteiger partial charge < -0.3 is 10.1 Å². The molecule has 5 heteroatoms. The van der Waals surface area contributed by atoms with E-state index < -0.39 is 5.91 Å². The molecule has 0 fully saturated rings. The van der Waals surface area contributed by atoms with Crippen LogP contribution in [0.5, 0.6) is 5.75 Å². The molecular formula is C27H25BrN2O2. The fraction of sp³-hybridized carbons (Fsp3) is 0.185. The van der Waals surface area contributed by atoms with Crippen LogP contribution in [-0.4, -0.2) is 12.5 Å². The van der Waals surface area contributed by atoms with Crippen molar-refractivity contribution < 1.29 is 9.53 Å². The van der Waals surface area contributed by atoms with Crippen molar-refractivity contribution in [3.8, 4) is 11.8 Å². The number of carbonyl (C=O) groups excluding carboxylic acids is 1. The number of nitrogens with one attached hydrogen (secondary N) is 1. The normalized spacial score (nSPS) is 11.0. The van der Waals surface area contributed by atoms with Crippen LogP contribution in [0.4, 0.5) is 5.69 Å². The fourth-order valence-electron chi connectivity index (χ4n) is 3.32. The summed E-state index contributed by atoms with van der Waals surface area (Å²) in [5.41, 5.74) is 5.64. The Morgan fingerprint density at radius 1 is 1.09 bits per heavy atom. The number of nitriles is 1. The van der Waals surface area contributed by atoms with Crippen molar-refractivity contribution in [1.29, 1.82) is 5.26 Å². The molecule has 1 N–H and O–H groups in total. The molecule has 0 aliphatic heterocycles. The molecule has 0 aliphatic rings. The van der Waals surface area contributed by atoms with Gasteiger partial charge in [0.15, 0.2) is 0 Å². The molecule has 0 aromatic heterocycles. The van der Waals surface area contributed by atoms with Gasteiger partial charge in [0.1, 0.15) is 17.4 Å². The van der Waals surface area contributed by atoms with Crippen LogP contribution >= 0.6 is 15.9 Å². The lowest BCUT2D eigenvalue weighted by molar-refractivity contribution is -0.112. The Hall–Kier alpha value is -3.36. The number of rotatable bonds is 7. The molecule has 4 nitrogen and oxygen atoms in total. The summed E-state index contributed by atoms with van der Waals surface area (Å²) in [4.78, 5) is 12.7. The van der Waals surface area contributed by atoms with Gasteiger partial charge in [0, 0.05) is 16.6 Å². The first-order chi connectivity index (χ1) is 15.4. The predicted molar refractivity (Wildman–Crippen MR) is 133 cm³/mol. The number of ether oxygens (including phenoxy) is 1. The molecule has 0 spiro atoms. The zero-order valence-electron chi connectivity index (χ0n) is 18.4. The summed E-state index contributed by atoms with van der Waals surface area (Å²) in [5, 5.41) is 12.4. The molecular weight excluding hydrogens is 464 g/mol. The lowest BCUT2D eigenvalue weighted by Gasteiger charge is -2.13. The first-order valence-electron chi connectivity index (χ1n) is 10.4. The maximum absolute atomic E-state index is 12.7. The molecule has 0 unspecified atom stereocenters. The van der Waals surface area contributed by atoms with Gasteiger partial charge in [0.05, 0.1) is 6.61 Å². The molecule has 0 heterocycles. The second-order valence-electron chi connectivity index (χ2n) is 7.51. The Morgan fingerprint density at radius 2 is 1.88 bits per heavy atom. The van der Waals surface area contributed by atoms with Gasteiger partial charge in [-0.3, -0.25) is 4.79 Å². The van der Waals surface area contributed by atoms with E-state index in [9.17, 15) is 10.1 Å². The van der Waals surface area contributed by atoms with Gasteiger partial charge >= 0.3 is 0 Å². The highest BCUT2D eigenvalue weighted by atomic mass is 79.9. The summed E-state index contributed by atoms with van der Waals surface area (Å²) in [5.74, 6) is 0.306.